The lowest BCUT2D eigenvalue weighted by atomic mass is 10.0. The van der Waals surface area contributed by atoms with Crippen molar-refractivity contribution in [2.24, 2.45) is 5.92 Å². The van der Waals surface area contributed by atoms with Crippen LogP contribution in [0.2, 0.25) is 0 Å². The molecule has 1 aromatic rings. The van der Waals surface area contributed by atoms with Gasteiger partial charge in [0.05, 0.1) is 0 Å². The van der Waals surface area contributed by atoms with E-state index >= 15 is 0 Å². The van der Waals surface area contributed by atoms with Gasteiger partial charge in [-0.25, -0.2) is 0 Å². The Hall–Kier alpha value is -2.41. The Morgan fingerprint density at radius 1 is 1.19 bits per heavy atom. The van der Waals surface area contributed by atoms with Gasteiger partial charge in [-0.3, -0.25) is 19.7 Å². The number of carbonyl (C=O) groups is 3. The average Bonchev–Trinajstić information content (AvgIpc) is 3.24. The fourth-order valence-corrected chi connectivity index (χ4v) is 4.12. The van der Waals surface area contributed by atoms with Gasteiger partial charge in [0.1, 0.15) is 6.04 Å². The van der Waals surface area contributed by atoms with E-state index in [1.54, 1.807) is 4.90 Å². The standard InChI is InChI=1S/C19H24N4O3/c24-17-5-4-16(18(25)22-17)23-11-14-13(19(23)26)2-1-3-15(14)21-9-7-12-6-8-20-10-12/h1-3,12,16,20-21H,4-11H2,(H,22,24,25)/t12-,16?/m0/s1. The molecule has 3 N–H and O–H groups in total. The van der Waals surface area contributed by atoms with Gasteiger partial charge in [-0.2, -0.15) is 0 Å². The third-order valence-electron chi connectivity index (χ3n) is 5.61. The van der Waals surface area contributed by atoms with Gasteiger partial charge in [0.15, 0.2) is 0 Å². The highest BCUT2D eigenvalue weighted by molar-refractivity contribution is 6.06. The van der Waals surface area contributed by atoms with Gasteiger partial charge in [-0.1, -0.05) is 6.07 Å². The first-order valence-electron chi connectivity index (χ1n) is 9.34. The summed E-state index contributed by atoms with van der Waals surface area (Å²) in [5.41, 5.74) is 2.57. The highest BCUT2D eigenvalue weighted by Gasteiger charge is 2.39. The minimum Gasteiger partial charge on any atom is -0.385 e. The van der Waals surface area contributed by atoms with Crippen LogP contribution in [-0.2, 0) is 16.1 Å². The molecule has 138 valence electrons. The fraction of sp³-hybridized carbons (Fsp3) is 0.526. The van der Waals surface area contributed by atoms with E-state index in [0.29, 0.717) is 24.4 Å². The van der Waals surface area contributed by atoms with Gasteiger partial charge < -0.3 is 15.5 Å². The van der Waals surface area contributed by atoms with Crippen molar-refractivity contribution in [3.05, 3.63) is 29.3 Å². The molecule has 0 radical (unpaired) electrons. The summed E-state index contributed by atoms with van der Waals surface area (Å²) in [6, 6.07) is 5.12. The molecule has 3 aliphatic heterocycles. The zero-order chi connectivity index (χ0) is 18.1. The molecule has 3 aliphatic rings. The normalized spacial score (nSPS) is 25.4. The smallest absolute Gasteiger partial charge is 0.255 e. The van der Waals surface area contributed by atoms with Crippen LogP contribution < -0.4 is 16.0 Å². The van der Waals surface area contributed by atoms with Crippen LogP contribution in [0.3, 0.4) is 0 Å². The lowest BCUT2D eigenvalue weighted by molar-refractivity contribution is -0.136. The second kappa shape index (κ2) is 7.07. The number of anilines is 1. The second-order valence-electron chi connectivity index (χ2n) is 7.31. The number of fused-ring (bicyclic) bond motifs is 1. The molecule has 2 saturated heterocycles. The molecule has 2 atom stereocenters. The fourth-order valence-electron chi connectivity index (χ4n) is 4.12. The molecule has 0 aromatic heterocycles. The third-order valence-corrected chi connectivity index (χ3v) is 5.61. The van der Waals surface area contributed by atoms with Crippen LogP contribution in [0.5, 0.6) is 0 Å². The number of nitrogens with zero attached hydrogens (tertiary/aromatic N) is 1. The Morgan fingerprint density at radius 2 is 2.08 bits per heavy atom. The summed E-state index contributed by atoms with van der Waals surface area (Å²) in [7, 11) is 0. The molecule has 4 rings (SSSR count). The van der Waals surface area contributed by atoms with Gasteiger partial charge in [0, 0.05) is 36.3 Å². The van der Waals surface area contributed by atoms with Crippen LogP contribution in [0.1, 0.15) is 41.6 Å². The maximum Gasteiger partial charge on any atom is 0.255 e. The number of hydrogen-bond donors (Lipinski definition) is 3. The molecule has 0 bridgehead atoms. The Labute approximate surface area is 152 Å². The molecule has 0 spiro atoms. The van der Waals surface area contributed by atoms with Gasteiger partial charge in [0.2, 0.25) is 11.8 Å². The van der Waals surface area contributed by atoms with Crippen molar-refractivity contribution in [2.75, 3.05) is 25.0 Å². The Morgan fingerprint density at radius 3 is 2.85 bits per heavy atom. The number of amides is 3. The highest BCUT2D eigenvalue weighted by atomic mass is 16.2. The predicted octanol–water partition coefficient (Wildman–Crippen LogP) is 0.859. The molecule has 1 aromatic carbocycles. The van der Waals surface area contributed by atoms with Gasteiger partial charge in [-0.05, 0) is 50.4 Å². The quantitative estimate of drug-likeness (QED) is 0.681. The Balaban J connectivity index is 1.45. The average molecular weight is 356 g/mol. The van der Waals surface area contributed by atoms with E-state index in [0.717, 1.165) is 37.3 Å². The van der Waals surface area contributed by atoms with Crippen molar-refractivity contribution < 1.29 is 14.4 Å². The summed E-state index contributed by atoms with van der Waals surface area (Å²) in [4.78, 5) is 37.9. The highest BCUT2D eigenvalue weighted by Crippen LogP contribution is 2.32. The summed E-state index contributed by atoms with van der Waals surface area (Å²) in [5.74, 6) is -0.0520. The van der Waals surface area contributed by atoms with Crippen molar-refractivity contribution in [2.45, 2.75) is 38.3 Å². The maximum atomic E-state index is 12.8. The number of imide groups is 1. The van der Waals surface area contributed by atoms with Crippen molar-refractivity contribution in [3.63, 3.8) is 0 Å². The van der Waals surface area contributed by atoms with E-state index in [2.05, 4.69) is 16.0 Å². The van der Waals surface area contributed by atoms with Crippen molar-refractivity contribution in [3.8, 4) is 0 Å². The number of benzene rings is 1. The number of rotatable bonds is 5. The molecule has 0 aliphatic carbocycles. The molecule has 1 unspecified atom stereocenters. The molecule has 7 heteroatoms. The second-order valence-corrected chi connectivity index (χ2v) is 7.31. The largest absolute Gasteiger partial charge is 0.385 e. The molecule has 7 nitrogen and oxygen atoms in total. The molecule has 2 fully saturated rings. The van der Waals surface area contributed by atoms with Crippen LogP contribution in [0.25, 0.3) is 0 Å². The number of nitrogens with one attached hydrogen (secondary N) is 3. The van der Waals surface area contributed by atoms with E-state index in [1.165, 1.54) is 6.42 Å². The molecule has 3 heterocycles. The van der Waals surface area contributed by atoms with Crippen LogP contribution in [0.4, 0.5) is 5.69 Å². The van der Waals surface area contributed by atoms with E-state index in [9.17, 15) is 14.4 Å². The number of piperidine rings is 1. The van der Waals surface area contributed by atoms with Gasteiger partial charge >= 0.3 is 0 Å². The maximum absolute atomic E-state index is 12.8. The third kappa shape index (κ3) is 3.19. The van der Waals surface area contributed by atoms with Gasteiger partial charge in [-0.15, -0.1) is 0 Å². The van der Waals surface area contributed by atoms with E-state index in [-0.39, 0.29) is 24.1 Å². The van der Waals surface area contributed by atoms with Gasteiger partial charge in [0.25, 0.3) is 5.91 Å². The Bertz CT molecular complexity index is 742. The first kappa shape index (κ1) is 17.0. The summed E-state index contributed by atoms with van der Waals surface area (Å²) in [6.07, 6.45) is 2.98. The molecule has 26 heavy (non-hydrogen) atoms. The van der Waals surface area contributed by atoms with E-state index in [4.69, 9.17) is 0 Å². The van der Waals surface area contributed by atoms with Crippen molar-refractivity contribution in [1.82, 2.24) is 15.5 Å². The lowest BCUT2D eigenvalue weighted by Crippen LogP contribution is -2.52. The van der Waals surface area contributed by atoms with Crippen molar-refractivity contribution in [1.29, 1.82) is 0 Å². The predicted molar refractivity (Wildman–Crippen MR) is 96.6 cm³/mol. The first-order valence-corrected chi connectivity index (χ1v) is 9.34. The van der Waals surface area contributed by atoms with Crippen LogP contribution in [0.15, 0.2) is 18.2 Å². The summed E-state index contributed by atoms with van der Waals surface area (Å²) in [6.45, 7) is 3.46. The molecular weight excluding hydrogens is 332 g/mol. The molecule has 3 amide bonds. The lowest BCUT2D eigenvalue weighted by Gasteiger charge is -2.29. The zero-order valence-corrected chi connectivity index (χ0v) is 14.7. The minimum absolute atomic E-state index is 0.127. The summed E-state index contributed by atoms with van der Waals surface area (Å²) >= 11 is 0. The van der Waals surface area contributed by atoms with E-state index < -0.39 is 6.04 Å². The van der Waals surface area contributed by atoms with Crippen LogP contribution in [0, 0.1) is 5.92 Å². The summed E-state index contributed by atoms with van der Waals surface area (Å²) < 4.78 is 0. The SMILES string of the molecule is O=C1CCC(N2Cc3c(NCC[C@@H]4CCNC4)cccc3C2=O)C(=O)N1. The first-order chi connectivity index (χ1) is 12.6. The zero-order valence-electron chi connectivity index (χ0n) is 14.7. The van der Waals surface area contributed by atoms with Crippen molar-refractivity contribution >= 4 is 23.4 Å². The molecular formula is C19H24N4O3. The molecule has 0 saturated carbocycles. The Kier molecular flexibility index (Phi) is 4.63. The summed E-state index contributed by atoms with van der Waals surface area (Å²) in [5, 5.41) is 9.19. The number of carbonyl (C=O) groups excluding carboxylic acids is 3. The monoisotopic (exact) mass is 356 g/mol. The minimum atomic E-state index is -0.565. The number of hydrogen-bond acceptors (Lipinski definition) is 5. The topological polar surface area (TPSA) is 90.5 Å². The van der Waals surface area contributed by atoms with Crippen LogP contribution in [-0.4, -0.2) is 48.3 Å². The van der Waals surface area contributed by atoms with E-state index in [1.807, 2.05) is 18.2 Å². The van der Waals surface area contributed by atoms with Crippen LogP contribution >= 0.6 is 0 Å².